The molecule has 1 amide bonds. The molecule has 0 aliphatic rings. The largest absolute Gasteiger partial charge is 0.338 e. The standard InChI is InChI=1S/C15H19NOS/c1-4-5-6-7-15(17)16(2)12-13-8-10-14(18-3)11-9-13/h4-11H,12H2,1-3H3. The Hall–Kier alpha value is -1.48. The Morgan fingerprint density at radius 1 is 1.28 bits per heavy atom. The van der Waals surface area contributed by atoms with Gasteiger partial charge in [-0.3, -0.25) is 4.79 Å². The van der Waals surface area contributed by atoms with Gasteiger partial charge in [0.2, 0.25) is 5.91 Å². The van der Waals surface area contributed by atoms with Crippen LogP contribution in [-0.4, -0.2) is 24.1 Å². The van der Waals surface area contributed by atoms with Crippen LogP contribution in [0.2, 0.25) is 0 Å². The highest BCUT2D eigenvalue weighted by molar-refractivity contribution is 7.98. The van der Waals surface area contributed by atoms with E-state index in [9.17, 15) is 4.79 Å². The lowest BCUT2D eigenvalue weighted by Gasteiger charge is -2.15. The van der Waals surface area contributed by atoms with E-state index >= 15 is 0 Å². The average molecular weight is 261 g/mol. The molecule has 1 aromatic carbocycles. The molecule has 1 aromatic rings. The van der Waals surface area contributed by atoms with Crippen molar-refractivity contribution >= 4 is 17.7 Å². The van der Waals surface area contributed by atoms with Crippen LogP contribution in [0, 0.1) is 0 Å². The van der Waals surface area contributed by atoms with Crippen molar-refractivity contribution in [3.63, 3.8) is 0 Å². The number of hydrogen-bond acceptors (Lipinski definition) is 2. The van der Waals surface area contributed by atoms with Crippen LogP contribution < -0.4 is 0 Å². The second-order valence-electron chi connectivity index (χ2n) is 3.93. The van der Waals surface area contributed by atoms with Crippen molar-refractivity contribution in [3.8, 4) is 0 Å². The SMILES string of the molecule is CC=CC=CC(=O)N(C)Cc1ccc(SC)cc1. The third-order valence-electron chi connectivity index (χ3n) is 2.50. The zero-order valence-corrected chi connectivity index (χ0v) is 11.9. The molecule has 0 aliphatic heterocycles. The molecule has 0 unspecified atom stereocenters. The number of nitrogens with zero attached hydrogens (tertiary/aromatic N) is 1. The Balaban J connectivity index is 2.57. The average Bonchev–Trinajstić information content (AvgIpc) is 2.39. The lowest BCUT2D eigenvalue weighted by molar-refractivity contribution is -0.125. The summed E-state index contributed by atoms with van der Waals surface area (Å²) >= 11 is 1.72. The molecule has 0 radical (unpaired) electrons. The van der Waals surface area contributed by atoms with Crippen molar-refractivity contribution < 1.29 is 4.79 Å². The summed E-state index contributed by atoms with van der Waals surface area (Å²) in [6.07, 6.45) is 9.13. The summed E-state index contributed by atoms with van der Waals surface area (Å²) in [6, 6.07) is 8.28. The highest BCUT2D eigenvalue weighted by Crippen LogP contribution is 2.15. The van der Waals surface area contributed by atoms with Crippen molar-refractivity contribution in [3.05, 3.63) is 54.1 Å². The first-order chi connectivity index (χ1) is 8.67. The minimum absolute atomic E-state index is 0.0158. The number of hydrogen-bond donors (Lipinski definition) is 0. The maximum atomic E-state index is 11.7. The molecule has 0 N–H and O–H groups in total. The maximum absolute atomic E-state index is 11.7. The zero-order chi connectivity index (χ0) is 13.4. The topological polar surface area (TPSA) is 20.3 Å². The smallest absolute Gasteiger partial charge is 0.246 e. The van der Waals surface area contributed by atoms with Crippen LogP contribution in [0.25, 0.3) is 0 Å². The van der Waals surface area contributed by atoms with Gasteiger partial charge in [0.25, 0.3) is 0 Å². The van der Waals surface area contributed by atoms with E-state index in [2.05, 4.69) is 30.5 Å². The number of amides is 1. The minimum atomic E-state index is 0.0158. The quantitative estimate of drug-likeness (QED) is 0.459. The molecule has 0 bridgehead atoms. The highest BCUT2D eigenvalue weighted by atomic mass is 32.2. The molecular weight excluding hydrogens is 242 g/mol. The Kier molecular flexibility index (Phi) is 6.29. The van der Waals surface area contributed by atoms with Gasteiger partial charge in [0, 0.05) is 24.6 Å². The summed E-state index contributed by atoms with van der Waals surface area (Å²) in [5.74, 6) is 0.0158. The third kappa shape index (κ3) is 4.80. The van der Waals surface area contributed by atoms with Gasteiger partial charge < -0.3 is 4.90 Å². The van der Waals surface area contributed by atoms with Crippen molar-refractivity contribution in [1.82, 2.24) is 4.90 Å². The van der Waals surface area contributed by atoms with Gasteiger partial charge in [-0.2, -0.15) is 0 Å². The Bertz CT molecular complexity index is 434. The highest BCUT2D eigenvalue weighted by Gasteiger charge is 2.05. The normalized spacial score (nSPS) is 11.3. The predicted molar refractivity (Wildman–Crippen MR) is 78.7 cm³/mol. The van der Waals surface area contributed by atoms with E-state index in [0.29, 0.717) is 6.54 Å². The van der Waals surface area contributed by atoms with Gasteiger partial charge in [0.05, 0.1) is 0 Å². The predicted octanol–water partition coefficient (Wildman–Crippen LogP) is 3.50. The number of benzene rings is 1. The van der Waals surface area contributed by atoms with E-state index in [1.807, 2.05) is 26.1 Å². The molecule has 0 spiro atoms. The van der Waals surface area contributed by atoms with Crippen LogP contribution in [0.15, 0.2) is 53.5 Å². The molecule has 2 nitrogen and oxygen atoms in total. The summed E-state index contributed by atoms with van der Waals surface area (Å²) in [5.41, 5.74) is 1.14. The van der Waals surface area contributed by atoms with Gasteiger partial charge in [-0.25, -0.2) is 0 Å². The number of rotatable bonds is 5. The molecule has 0 saturated carbocycles. The summed E-state index contributed by atoms with van der Waals surface area (Å²) in [6.45, 7) is 2.56. The fourth-order valence-electron chi connectivity index (χ4n) is 1.46. The summed E-state index contributed by atoms with van der Waals surface area (Å²) in [7, 11) is 1.81. The van der Waals surface area contributed by atoms with Gasteiger partial charge >= 0.3 is 0 Å². The van der Waals surface area contributed by atoms with E-state index in [1.165, 1.54) is 4.90 Å². The van der Waals surface area contributed by atoms with Gasteiger partial charge in [0.15, 0.2) is 0 Å². The molecule has 0 heterocycles. The van der Waals surface area contributed by atoms with Crippen molar-refractivity contribution in [2.24, 2.45) is 0 Å². The molecule has 1 rings (SSSR count). The number of thioether (sulfide) groups is 1. The van der Waals surface area contributed by atoms with E-state index in [-0.39, 0.29) is 5.91 Å². The number of likely N-dealkylation sites (N-methyl/N-ethyl adjacent to an activating group) is 1. The van der Waals surface area contributed by atoms with Crippen molar-refractivity contribution in [2.45, 2.75) is 18.4 Å². The first-order valence-corrected chi connectivity index (χ1v) is 7.07. The second-order valence-corrected chi connectivity index (χ2v) is 4.81. The van der Waals surface area contributed by atoms with Crippen LogP contribution in [0.4, 0.5) is 0 Å². The molecular formula is C15H19NOS. The van der Waals surface area contributed by atoms with Crippen LogP contribution >= 0.6 is 11.8 Å². The second kappa shape index (κ2) is 7.77. The van der Waals surface area contributed by atoms with Crippen molar-refractivity contribution in [2.75, 3.05) is 13.3 Å². The Labute approximate surface area is 113 Å². The van der Waals surface area contributed by atoms with E-state index < -0.39 is 0 Å². The van der Waals surface area contributed by atoms with Crippen LogP contribution in [0.5, 0.6) is 0 Å². The van der Waals surface area contributed by atoms with Gasteiger partial charge in [-0.15, -0.1) is 11.8 Å². The lowest BCUT2D eigenvalue weighted by atomic mass is 10.2. The van der Waals surface area contributed by atoms with E-state index in [4.69, 9.17) is 0 Å². The molecule has 0 atom stereocenters. The fraction of sp³-hybridized carbons (Fsp3) is 0.267. The Morgan fingerprint density at radius 2 is 1.94 bits per heavy atom. The molecule has 0 saturated heterocycles. The Morgan fingerprint density at radius 3 is 2.50 bits per heavy atom. The third-order valence-corrected chi connectivity index (χ3v) is 3.24. The first-order valence-electron chi connectivity index (χ1n) is 5.84. The minimum Gasteiger partial charge on any atom is -0.338 e. The summed E-state index contributed by atoms with van der Waals surface area (Å²) in [5, 5.41) is 0. The number of carbonyl (C=O) groups excluding carboxylic acids is 1. The first kappa shape index (κ1) is 14.6. The molecule has 3 heteroatoms. The zero-order valence-electron chi connectivity index (χ0n) is 11.1. The van der Waals surface area contributed by atoms with Gasteiger partial charge in [-0.05, 0) is 30.9 Å². The molecule has 0 aliphatic carbocycles. The van der Waals surface area contributed by atoms with Crippen LogP contribution in [0.3, 0.4) is 0 Å². The molecule has 0 aromatic heterocycles. The van der Waals surface area contributed by atoms with Crippen molar-refractivity contribution in [1.29, 1.82) is 0 Å². The fourth-order valence-corrected chi connectivity index (χ4v) is 1.87. The monoisotopic (exact) mass is 261 g/mol. The van der Waals surface area contributed by atoms with E-state index in [0.717, 1.165) is 5.56 Å². The number of allylic oxidation sites excluding steroid dienone is 3. The maximum Gasteiger partial charge on any atom is 0.246 e. The molecule has 96 valence electrons. The van der Waals surface area contributed by atoms with Gasteiger partial charge in [0.1, 0.15) is 0 Å². The summed E-state index contributed by atoms with van der Waals surface area (Å²) < 4.78 is 0. The lowest BCUT2D eigenvalue weighted by Crippen LogP contribution is -2.24. The summed E-state index contributed by atoms with van der Waals surface area (Å²) in [4.78, 5) is 14.7. The number of carbonyl (C=O) groups is 1. The van der Waals surface area contributed by atoms with E-state index in [1.54, 1.807) is 28.8 Å². The molecule has 0 fully saturated rings. The van der Waals surface area contributed by atoms with Crippen LogP contribution in [-0.2, 0) is 11.3 Å². The van der Waals surface area contributed by atoms with Gasteiger partial charge in [-0.1, -0.05) is 30.4 Å². The molecule has 18 heavy (non-hydrogen) atoms. The van der Waals surface area contributed by atoms with Crippen LogP contribution in [0.1, 0.15) is 12.5 Å².